The molecule has 1 atom stereocenters. The molecule has 0 heterocycles. The van der Waals surface area contributed by atoms with E-state index in [4.69, 9.17) is 0 Å². The largest absolute Gasteiger partial charge is 0.316 e. The Labute approximate surface area is 81.7 Å². The van der Waals surface area contributed by atoms with Gasteiger partial charge in [-0.2, -0.15) is 11.8 Å². The van der Waals surface area contributed by atoms with E-state index in [-0.39, 0.29) is 0 Å². The van der Waals surface area contributed by atoms with Gasteiger partial charge >= 0.3 is 0 Å². The third-order valence-corrected chi connectivity index (χ3v) is 2.92. The molecule has 0 aromatic heterocycles. The number of thioether (sulfide) groups is 1. The Hall–Kier alpha value is 0.310. The SMILES string of the molecule is CCCCNC[C@@H](CC)CSC. The summed E-state index contributed by atoms with van der Waals surface area (Å²) < 4.78 is 0. The van der Waals surface area contributed by atoms with Gasteiger partial charge in [-0.05, 0) is 37.4 Å². The second-order valence-corrected chi connectivity index (χ2v) is 4.20. The van der Waals surface area contributed by atoms with Gasteiger partial charge in [0.1, 0.15) is 0 Å². The zero-order valence-electron chi connectivity index (χ0n) is 8.73. The standard InChI is InChI=1S/C10H23NS/c1-4-6-7-11-8-10(5-2)9-12-3/h10-11H,4-9H2,1-3H3/t10-/m1/s1. The van der Waals surface area contributed by atoms with Crippen LogP contribution >= 0.6 is 11.8 Å². The lowest BCUT2D eigenvalue weighted by Gasteiger charge is -2.13. The number of hydrogen-bond donors (Lipinski definition) is 1. The van der Waals surface area contributed by atoms with Crippen LogP contribution in [-0.2, 0) is 0 Å². The highest BCUT2D eigenvalue weighted by atomic mass is 32.2. The molecular formula is C10H23NS. The summed E-state index contributed by atoms with van der Waals surface area (Å²) in [5, 5.41) is 3.51. The summed E-state index contributed by atoms with van der Waals surface area (Å²) in [5.41, 5.74) is 0. The summed E-state index contributed by atoms with van der Waals surface area (Å²) in [6, 6.07) is 0. The van der Waals surface area contributed by atoms with Crippen molar-refractivity contribution in [2.45, 2.75) is 33.1 Å². The zero-order chi connectivity index (χ0) is 9.23. The number of unbranched alkanes of at least 4 members (excludes halogenated alkanes) is 1. The lowest BCUT2D eigenvalue weighted by molar-refractivity contribution is 0.501. The first kappa shape index (κ1) is 12.3. The van der Waals surface area contributed by atoms with E-state index in [2.05, 4.69) is 25.4 Å². The molecule has 0 spiro atoms. The predicted molar refractivity (Wildman–Crippen MR) is 59.9 cm³/mol. The third-order valence-electron chi connectivity index (χ3n) is 2.12. The number of hydrogen-bond acceptors (Lipinski definition) is 2. The van der Waals surface area contributed by atoms with Crippen molar-refractivity contribution in [2.75, 3.05) is 25.1 Å². The summed E-state index contributed by atoms with van der Waals surface area (Å²) in [4.78, 5) is 0. The Morgan fingerprint density at radius 3 is 2.58 bits per heavy atom. The summed E-state index contributed by atoms with van der Waals surface area (Å²) in [6.07, 6.45) is 6.11. The van der Waals surface area contributed by atoms with Gasteiger partial charge in [-0.1, -0.05) is 26.7 Å². The molecule has 0 rings (SSSR count). The van der Waals surface area contributed by atoms with E-state index in [0.29, 0.717) is 0 Å². The minimum atomic E-state index is 0.872. The first-order chi connectivity index (χ1) is 5.85. The molecule has 0 unspecified atom stereocenters. The molecule has 0 radical (unpaired) electrons. The molecule has 0 bridgehead atoms. The van der Waals surface area contributed by atoms with E-state index in [1.807, 2.05) is 11.8 Å². The molecule has 0 saturated heterocycles. The Balaban J connectivity index is 3.19. The smallest absolute Gasteiger partial charge is 0.00127 e. The molecule has 0 aromatic rings. The molecule has 0 saturated carbocycles. The van der Waals surface area contributed by atoms with Crippen LogP contribution in [0.1, 0.15) is 33.1 Å². The van der Waals surface area contributed by atoms with Gasteiger partial charge in [0.2, 0.25) is 0 Å². The van der Waals surface area contributed by atoms with Gasteiger partial charge in [-0.15, -0.1) is 0 Å². The van der Waals surface area contributed by atoms with Crippen molar-refractivity contribution < 1.29 is 0 Å². The van der Waals surface area contributed by atoms with Crippen LogP contribution in [0, 0.1) is 5.92 Å². The van der Waals surface area contributed by atoms with Gasteiger partial charge in [0, 0.05) is 0 Å². The van der Waals surface area contributed by atoms with E-state index in [0.717, 1.165) is 5.92 Å². The van der Waals surface area contributed by atoms with Crippen LogP contribution in [-0.4, -0.2) is 25.1 Å². The first-order valence-electron chi connectivity index (χ1n) is 5.04. The number of rotatable bonds is 8. The molecule has 0 aromatic carbocycles. The summed E-state index contributed by atoms with van der Waals surface area (Å²) in [6.45, 7) is 6.92. The Morgan fingerprint density at radius 2 is 2.08 bits per heavy atom. The van der Waals surface area contributed by atoms with Crippen molar-refractivity contribution in [3.8, 4) is 0 Å². The monoisotopic (exact) mass is 189 g/mol. The fourth-order valence-electron chi connectivity index (χ4n) is 1.16. The Morgan fingerprint density at radius 1 is 1.33 bits per heavy atom. The highest BCUT2D eigenvalue weighted by Crippen LogP contribution is 2.07. The Bertz CT molecular complexity index is 85.9. The average molecular weight is 189 g/mol. The van der Waals surface area contributed by atoms with E-state index >= 15 is 0 Å². The van der Waals surface area contributed by atoms with Crippen molar-refractivity contribution in [3.63, 3.8) is 0 Å². The maximum atomic E-state index is 3.51. The van der Waals surface area contributed by atoms with Crippen molar-refractivity contribution >= 4 is 11.8 Å². The third kappa shape index (κ3) is 6.99. The fourth-order valence-corrected chi connectivity index (χ4v) is 1.99. The van der Waals surface area contributed by atoms with Gasteiger partial charge in [-0.3, -0.25) is 0 Å². The van der Waals surface area contributed by atoms with E-state index < -0.39 is 0 Å². The van der Waals surface area contributed by atoms with Crippen molar-refractivity contribution in [3.05, 3.63) is 0 Å². The molecule has 1 nitrogen and oxygen atoms in total. The minimum Gasteiger partial charge on any atom is -0.316 e. The summed E-state index contributed by atoms with van der Waals surface area (Å²) in [7, 11) is 0. The predicted octanol–water partition coefficient (Wildman–Crippen LogP) is 2.77. The maximum Gasteiger partial charge on any atom is -0.00127 e. The van der Waals surface area contributed by atoms with Crippen LogP contribution in [0.4, 0.5) is 0 Å². The topological polar surface area (TPSA) is 12.0 Å². The highest BCUT2D eigenvalue weighted by Gasteiger charge is 2.03. The second-order valence-electron chi connectivity index (χ2n) is 3.29. The molecule has 0 fully saturated rings. The molecule has 0 aliphatic carbocycles. The van der Waals surface area contributed by atoms with Gasteiger partial charge in [-0.25, -0.2) is 0 Å². The molecule has 2 heteroatoms. The quantitative estimate of drug-likeness (QED) is 0.589. The van der Waals surface area contributed by atoms with E-state index in [1.165, 1.54) is 38.1 Å². The van der Waals surface area contributed by atoms with Crippen molar-refractivity contribution in [2.24, 2.45) is 5.92 Å². The highest BCUT2D eigenvalue weighted by molar-refractivity contribution is 7.98. The molecule has 74 valence electrons. The van der Waals surface area contributed by atoms with Crippen LogP contribution in [0.25, 0.3) is 0 Å². The van der Waals surface area contributed by atoms with Gasteiger partial charge in [0.15, 0.2) is 0 Å². The molecule has 0 amide bonds. The number of nitrogens with one attached hydrogen (secondary N) is 1. The molecule has 0 aliphatic rings. The summed E-state index contributed by atoms with van der Waals surface area (Å²) >= 11 is 1.96. The minimum absolute atomic E-state index is 0.872. The zero-order valence-corrected chi connectivity index (χ0v) is 9.54. The lowest BCUT2D eigenvalue weighted by Crippen LogP contribution is -2.24. The average Bonchev–Trinajstić information content (AvgIpc) is 2.10. The Kier molecular flexibility index (Phi) is 9.64. The fraction of sp³-hybridized carbons (Fsp3) is 1.00. The normalized spacial score (nSPS) is 13.2. The van der Waals surface area contributed by atoms with Gasteiger partial charge < -0.3 is 5.32 Å². The van der Waals surface area contributed by atoms with Gasteiger partial charge in [0.25, 0.3) is 0 Å². The van der Waals surface area contributed by atoms with Crippen LogP contribution in [0.2, 0.25) is 0 Å². The van der Waals surface area contributed by atoms with Gasteiger partial charge in [0.05, 0.1) is 0 Å². The van der Waals surface area contributed by atoms with Crippen LogP contribution in [0.15, 0.2) is 0 Å². The van der Waals surface area contributed by atoms with Crippen LogP contribution in [0.3, 0.4) is 0 Å². The molecule has 12 heavy (non-hydrogen) atoms. The lowest BCUT2D eigenvalue weighted by atomic mass is 10.1. The first-order valence-corrected chi connectivity index (χ1v) is 6.44. The van der Waals surface area contributed by atoms with E-state index in [9.17, 15) is 0 Å². The molecule has 1 N–H and O–H groups in total. The van der Waals surface area contributed by atoms with Crippen molar-refractivity contribution in [1.82, 2.24) is 5.32 Å². The van der Waals surface area contributed by atoms with Crippen LogP contribution < -0.4 is 5.32 Å². The maximum absolute atomic E-state index is 3.51. The molecular weight excluding hydrogens is 166 g/mol. The summed E-state index contributed by atoms with van der Waals surface area (Å²) in [5.74, 6) is 2.17. The second kappa shape index (κ2) is 9.40. The van der Waals surface area contributed by atoms with Crippen LogP contribution in [0.5, 0.6) is 0 Å². The molecule has 0 aliphatic heterocycles. The van der Waals surface area contributed by atoms with Crippen molar-refractivity contribution in [1.29, 1.82) is 0 Å². The van der Waals surface area contributed by atoms with E-state index in [1.54, 1.807) is 0 Å².